The first-order chi connectivity index (χ1) is 14.3. The monoisotopic (exact) mass is 448 g/mol. The van der Waals surface area contributed by atoms with Gasteiger partial charge < -0.3 is 9.30 Å². The molecule has 5 rings (SSSR count). The molecule has 2 atom stereocenters. The van der Waals surface area contributed by atoms with Crippen LogP contribution in [0.1, 0.15) is 50.4 Å². The van der Waals surface area contributed by atoms with Gasteiger partial charge in [-0.3, -0.25) is 4.90 Å². The number of hydrogen-bond donors (Lipinski definition) is 0. The van der Waals surface area contributed by atoms with Crippen molar-refractivity contribution < 1.29 is 17.9 Å². The van der Waals surface area contributed by atoms with Crippen LogP contribution in [0.4, 0.5) is 0 Å². The zero-order chi connectivity index (χ0) is 21.3. The largest absolute Gasteiger partial charge is 0.461 e. The Hall–Kier alpha value is -1.83. The average molecular weight is 449 g/mol. The quantitative estimate of drug-likeness (QED) is 0.520. The van der Waals surface area contributed by atoms with Gasteiger partial charge in [0.05, 0.1) is 23.1 Å². The first kappa shape index (κ1) is 20.1. The summed E-state index contributed by atoms with van der Waals surface area (Å²) in [6.45, 7) is 6.28. The van der Waals surface area contributed by atoms with Crippen molar-refractivity contribution in [1.29, 1.82) is 0 Å². The lowest BCUT2D eigenvalue weighted by Gasteiger charge is -2.53. The molecule has 0 amide bonds. The second kappa shape index (κ2) is 6.84. The molecule has 4 heterocycles. The predicted octanol–water partition coefficient (Wildman–Crippen LogP) is 4.08. The number of nitrogens with zero attached hydrogens (tertiary/aromatic N) is 2. The number of piperidine rings is 1. The van der Waals surface area contributed by atoms with Crippen molar-refractivity contribution in [3.63, 3.8) is 0 Å². The summed E-state index contributed by atoms with van der Waals surface area (Å²) in [5.41, 5.74) is 3.40. The molecule has 0 saturated carbocycles. The third kappa shape index (κ3) is 2.71. The summed E-state index contributed by atoms with van der Waals surface area (Å²) in [7, 11) is 1.76. The van der Waals surface area contributed by atoms with Crippen molar-refractivity contribution in [3.05, 3.63) is 35.5 Å². The van der Waals surface area contributed by atoms with Gasteiger partial charge in [0, 0.05) is 33.7 Å². The molecule has 0 spiro atoms. The van der Waals surface area contributed by atoms with Gasteiger partial charge in [0.2, 0.25) is 0 Å². The topological polar surface area (TPSA) is 68.6 Å². The van der Waals surface area contributed by atoms with Crippen molar-refractivity contribution in [3.8, 4) is 0 Å². The Morgan fingerprint density at radius 1 is 1.30 bits per heavy atom. The van der Waals surface area contributed by atoms with E-state index in [9.17, 15) is 13.2 Å². The van der Waals surface area contributed by atoms with Crippen molar-refractivity contribution >= 4 is 42.3 Å². The van der Waals surface area contributed by atoms with Crippen LogP contribution in [0, 0.1) is 5.41 Å². The number of carbonyl (C=O) groups is 1. The number of hydrogen-bond acceptors (Lipinski definition) is 5. The van der Waals surface area contributed by atoms with E-state index in [4.69, 9.17) is 15.4 Å². The summed E-state index contributed by atoms with van der Waals surface area (Å²) in [6.07, 6.45) is 6.03. The molecular formula is C22H25ClN2O4S. The highest BCUT2D eigenvalue weighted by Crippen LogP contribution is 2.57. The van der Waals surface area contributed by atoms with Crippen LogP contribution < -0.4 is 0 Å². The van der Waals surface area contributed by atoms with Gasteiger partial charge in [-0.2, -0.15) is 0 Å². The Morgan fingerprint density at radius 2 is 2.10 bits per heavy atom. The molecule has 1 aromatic carbocycles. The molecule has 1 saturated heterocycles. The summed E-state index contributed by atoms with van der Waals surface area (Å²) < 4.78 is 31.4. The van der Waals surface area contributed by atoms with Gasteiger partial charge in [-0.15, -0.1) is 0 Å². The Labute approximate surface area is 180 Å². The Morgan fingerprint density at radius 3 is 2.80 bits per heavy atom. The first-order valence-corrected chi connectivity index (χ1v) is 12.9. The van der Waals surface area contributed by atoms with Crippen LogP contribution in [0.2, 0.25) is 0 Å². The van der Waals surface area contributed by atoms with E-state index in [-0.39, 0.29) is 28.9 Å². The maximum Gasteiger partial charge on any atom is 0.354 e. The Balaban J connectivity index is 1.87. The lowest BCUT2D eigenvalue weighted by molar-refractivity contribution is -0.136. The molecule has 2 aromatic rings. The highest BCUT2D eigenvalue weighted by atomic mass is 35.7. The fraction of sp³-hybridized carbons (Fsp3) is 0.500. The fourth-order valence-corrected chi connectivity index (χ4v) is 6.58. The number of rotatable bonds is 4. The van der Waals surface area contributed by atoms with Crippen LogP contribution >= 0.6 is 10.7 Å². The van der Waals surface area contributed by atoms with Crippen LogP contribution in [0.25, 0.3) is 16.6 Å². The van der Waals surface area contributed by atoms with Gasteiger partial charge >= 0.3 is 5.97 Å². The minimum Gasteiger partial charge on any atom is -0.461 e. The lowest BCUT2D eigenvalue weighted by atomic mass is 9.66. The van der Waals surface area contributed by atoms with Crippen molar-refractivity contribution in [2.75, 3.05) is 19.7 Å². The molecule has 3 aliphatic rings. The van der Waals surface area contributed by atoms with Gasteiger partial charge in [0.1, 0.15) is 5.70 Å². The molecular weight excluding hydrogens is 424 g/mol. The van der Waals surface area contributed by atoms with E-state index in [0.717, 1.165) is 49.9 Å². The van der Waals surface area contributed by atoms with Crippen molar-refractivity contribution in [2.45, 2.75) is 50.5 Å². The summed E-state index contributed by atoms with van der Waals surface area (Å²) in [6, 6.07) is 5.16. The Bertz CT molecular complexity index is 1200. The van der Waals surface area contributed by atoms with Crippen molar-refractivity contribution in [2.24, 2.45) is 5.41 Å². The Kier molecular flexibility index (Phi) is 4.58. The summed E-state index contributed by atoms with van der Waals surface area (Å²) in [4.78, 5) is 15.6. The van der Waals surface area contributed by atoms with Gasteiger partial charge in [-0.05, 0) is 62.9 Å². The molecule has 3 aliphatic heterocycles. The smallest absolute Gasteiger partial charge is 0.354 e. The fourth-order valence-electron chi connectivity index (χ4n) is 5.81. The van der Waals surface area contributed by atoms with E-state index >= 15 is 0 Å². The van der Waals surface area contributed by atoms with Crippen LogP contribution in [0.3, 0.4) is 0 Å². The molecule has 160 valence electrons. The van der Waals surface area contributed by atoms with Crippen LogP contribution in [0.15, 0.2) is 29.2 Å². The SMILES string of the molecule is CCOC(=O)C1=C[C@]2(CC)CCCN3CCc4c(n1c1cc(S(=O)(=O)Cl)ccc41)[C@@H]32. The molecule has 0 radical (unpaired) electrons. The average Bonchev–Trinajstić information content (AvgIpc) is 3.06. The number of fused-ring (bicyclic) bond motifs is 3. The summed E-state index contributed by atoms with van der Waals surface area (Å²) in [5, 5.41) is 0.987. The van der Waals surface area contributed by atoms with E-state index < -0.39 is 9.05 Å². The second-order valence-corrected chi connectivity index (χ2v) is 11.0. The maximum absolute atomic E-state index is 13.1. The van der Waals surface area contributed by atoms with Crippen LogP contribution in [-0.4, -0.2) is 43.6 Å². The van der Waals surface area contributed by atoms with Gasteiger partial charge in [-0.1, -0.05) is 13.0 Å². The molecule has 0 aliphatic carbocycles. The molecule has 30 heavy (non-hydrogen) atoms. The molecule has 8 heteroatoms. The number of aromatic nitrogens is 1. The number of esters is 1. The summed E-state index contributed by atoms with van der Waals surface area (Å²) in [5.74, 6) is -0.370. The highest BCUT2D eigenvalue weighted by molar-refractivity contribution is 8.13. The number of benzene rings is 1. The molecule has 1 aromatic heterocycles. The summed E-state index contributed by atoms with van der Waals surface area (Å²) >= 11 is 0. The van der Waals surface area contributed by atoms with Gasteiger partial charge in [0.15, 0.2) is 0 Å². The van der Waals surface area contributed by atoms with Crippen molar-refractivity contribution in [1.82, 2.24) is 9.47 Å². The normalized spacial score (nSPS) is 25.7. The van der Waals surface area contributed by atoms with E-state index in [2.05, 4.69) is 17.9 Å². The minimum absolute atomic E-state index is 0.0406. The third-order valence-electron chi connectivity index (χ3n) is 7.08. The maximum atomic E-state index is 13.1. The van der Waals surface area contributed by atoms with E-state index in [1.54, 1.807) is 19.1 Å². The zero-order valence-electron chi connectivity index (χ0n) is 17.2. The third-order valence-corrected chi connectivity index (χ3v) is 8.43. The van der Waals surface area contributed by atoms with E-state index in [0.29, 0.717) is 11.2 Å². The highest BCUT2D eigenvalue weighted by Gasteiger charge is 2.51. The molecule has 0 unspecified atom stereocenters. The van der Waals surface area contributed by atoms with Crippen LogP contribution in [0.5, 0.6) is 0 Å². The second-order valence-electron chi connectivity index (χ2n) is 8.44. The van der Waals surface area contributed by atoms with Crippen LogP contribution in [-0.2, 0) is 25.0 Å². The number of ether oxygens (including phenoxy) is 1. The molecule has 0 N–H and O–H groups in total. The van der Waals surface area contributed by atoms with Gasteiger partial charge in [-0.25, -0.2) is 13.2 Å². The number of carbonyl (C=O) groups excluding carboxylic acids is 1. The van der Waals surface area contributed by atoms with E-state index in [1.165, 1.54) is 5.56 Å². The number of halogens is 1. The van der Waals surface area contributed by atoms with E-state index in [1.807, 2.05) is 10.6 Å². The molecule has 0 bridgehead atoms. The van der Waals surface area contributed by atoms with Gasteiger partial charge in [0.25, 0.3) is 9.05 Å². The standard InChI is InChI=1S/C22H25ClN2O4S/c1-3-22-9-5-10-24-11-8-16-15-7-6-14(30(23,27)28)12-17(15)25(19(16)20(22)24)18(13-22)21(26)29-4-2/h6-7,12-13,20H,3-5,8-11H2,1-2H3/t20-,22+/m1/s1. The molecule has 6 nitrogen and oxygen atoms in total. The molecule has 1 fully saturated rings. The lowest BCUT2D eigenvalue weighted by Crippen LogP contribution is -2.51. The first-order valence-electron chi connectivity index (χ1n) is 10.6. The predicted molar refractivity (Wildman–Crippen MR) is 116 cm³/mol. The zero-order valence-corrected chi connectivity index (χ0v) is 18.7. The minimum atomic E-state index is -3.88.